The Morgan fingerprint density at radius 2 is 0.865 bits per heavy atom. The molecule has 4 nitrogen and oxygen atoms in total. The second kappa shape index (κ2) is 11.2. The summed E-state index contributed by atoms with van der Waals surface area (Å²) in [4.78, 5) is 2.38. The van der Waals surface area contributed by atoms with Gasteiger partial charge in [0.25, 0.3) is 0 Å². The summed E-state index contributed by atoms with van der Waals surface area (Å²) in [6.07, 6.45) is 0. The second-order valence-electron chi connectivity index (χ2n) is 13.4. The van der Waals surface area contributed by atoms with Gasteiger partial charge in [0.05, 0.1) is 27.8 Å². The molecule has 0 bridgehead atoms. The first-order valence-electron chi connectivity index (χ1n) is 17.7. The predicted molar refractivity (Wildman–Crippen MR) is 217 cm³/mol. The van der Waals surface area contributed by atoms with Crippen LogP contribution in [0.5, 0.6) is 0 Å². The quantitative estimate of drug-likeness (QED) is 0.183. The smallest absolute Gasteiger partial charge is 0.137 e. The molecule has 8 aromatic carbocycles. The second-order valence-corrected chi connectivity index (χ2v) is 13.4. The Balaban J connectivity index is 1.16. The molecule has 3 aromatic heterocycles. The zero-order valence-electron chi connectivity index (χ0n) is 28.1. The van der Waals surface area contributed by atoms with Crippen molar-refractivity contribution in [3.8, 4) is 11.4 Å². The van der Waals surface area contributed by atoms with Crippen LogP contribution in [0.3, 0.4) is 0 Å². The number of anilines is 3. The normalized spacial score (nSPS) is 11.8. The average Bonchev–Trinajstić information content (AvgIpc) is 3.86. The lowest BCUT2D eigenvalue weighted by Crippen LogP contribution is -2.10. The summed E-state index contributed by atoms with van der Waals surface area (Å²) in [6, 6.07) is 67.2. The Morgan fingerprint density at radius 1 is 0.346 bits per heavy atom. The van der Waals surface area contributed by atoms with E-state index in [2.05, 4.69) is 190 Å². The summed E-state index contributed by atoms with van der Waals surface area (Å²) in [5.74, 6) is 0. The van der Waals surface area contributed by atoms with Crippen molar-refractivity contribution < 1.29 is 4.42 Å². The molecule has 0 spiro atoms. The maximum atomic E-state index is 6.45. The number of benzene rings is 8. The molecule has 11 aromatic rings. The van der Waals surface area contributed by atoms with Gasteiger partial charge in [-0.15, -0.1) is 0 Å². The van der Waals surface area contributed by atoms with E-state index >= 15 is 0 Å². The number of hydrogen-bond donors (Lipinski definition) is 0. The van der Waals surface area contributed by atoms with Crippen LogP contribution in [0.15, 0.2) is 192 Å². The molecule has 0 unspecified atom stereocenters. The van der Waals surface area contributed by atoms with Crippen molar-refractivity contribution >= 4 is 82.6 Å². The Bertz CT molecular complexity index is 3080. The molecule has 0 saturated heterocycles. The largest absolute Gasteiger partial charge is 0.456 e. The molecule has 244 valence electrons. The first-order chi connectivity index (χ1) is 25.8. The Labute approximate surface area is 299 Å². The molecule has 0 aliphatic rings. The Hall–Kier alpha value is -7.04. The van der Waals surface area contributed by atoms with Crippen LogP contribution in [0.2, 0.25) is 0 Å². The lowest BCUT2D eigenvalue weighted by atomic mass is 10.1. The highest BCUT2D eigenvalue weighted by Gasteiger charge is 2.22. The lowest BCUT2D eigenvalue weighted by molar-refractivity contribution is 0.669. The van der Waals surface area contributed by atoms with Crippen LogP contribution >= 0.6 is 0 Å². The number of furan rings is 1. The number of nitrogens with zero attached hydrogens (tertiary/aromatic N) is 3. The highest BCUT2D eigenvalue weighted by molar-refractivity contribution is 6.17. The molecule has 0 radical (unpaired) electrons. The first-order valence-corrected chi connectivity index (χ1v) is 17.7. The molecule has 0 amide bonds. The Morgan fingerprint density at radius 3 is 1.60 bits per heavy atom. The van der Waals surface area contributed by atoms with E-state index < -0.39 is 0 Å². The third kappa shape index (κ3) is 4.21. The van der Waals surface area contributed by atoms with Gasteiger partial charge in [-0.3, -0.25) is 0 Å². The lowest BCUT2D eigenvalue weighted by Gasteiger charge is -2.27. The molecular formula is C48H31N3O. The molecule has 0 atom stereocenters. The highest BCUT2D eigenvalue weighted by Crippen LogP contribution is 2.45. The van der Waals surface area contributed by atoms with E-state index in [0.717, 1.165) is 55.9 Å². The third-order valence-electron chi connectivity index (χ3n) is 10.5. The molecular weight excluding hydrogens is 635 g/mol. The van der Waals surface area contributed by atoms with Crippen molar-refractivity contribution in [1.29, 1.82) is 0 Å². The van der Waals surface area contributed by atoms with E-state index in [1.165, 1.54) is 38.1 Å². The number of rotatable bonds is 5. The molecule has 0 aliphatic heterocycles. The minimum absolute atomic E-state index is 0.865. The minimum atomic E-state index is 0.865. The molecule has 0 aliphatic carbocycles. The monoisotopic (exact) mass is 665 g/mol. The van der Waals surface area contributed by atoms with Crippen molar-refractivity contribution in [1.82, 2.24) is 9.13 Å². The van der Waals surface area contributed by atoms with Gasteiger partial charge < -0.3 is 18.5 Å². The van der Waals surface area contributed by atoms with Crippen molar-refractivity contribution in [2.24, 2.45) is 0 Å². The van der Waals surface area contributed by atoms with Crippen molar-refractivity contribution in [3.05, 3.63) is 188 Å². The zero-order chi connectivity index (χ0) is 34.2. The molecule has 0 fully saturated rings. The van der Waals surface area contributed by atoms with Crippen LogP contribution in [0.1, 0.15) is 0 Å². The highest BCUT2D eigenvalue weighted by atomic mass is 16.3. The SMILES string of the molecule is c1ccc(-n2c3ccccc3c3c(N(c4ccc(-n5c6ccccc6c6ccccc65)cc4)c4ccc5c(c4)oc4ccccc45)cccc32)cc1. The molecule has 52 heavy (non-hydrogen) atoms. The Kier molecular flexibility index (Phi) is 6.22. The van der Waals surface area contributed by atoms with Gasteiger partial charge in [0.15, 0.2) is 0 Å². The van der Waals surface area contributed by atoms with Gasteiger partial charge in [0.2, 0.25) is 0 Å². The van der Waals surface area contributed by atoms with Gasteiger partial charge in [-0.2, -0.15) is 0 Å². The first kappa shape index (κ1) is 28.8. The molecule has 0 saturated carbocycles. The molecule has 3 heterocycles. The maximum absolute atomic E-state index is 6.45. The summed E-state index contributed by atoms with van der Waals surface area (Å²) < 4.78 is 11.2. The fraction of sp³-hybridized carbons (Fsp3) is 0. The number of hydrogen-bond acceptors (Lipinski definition) is 2. The van der Waals surface area contributed by atoms with Crippen LogP contribution in [0.25, 0.3) is 76.9 Å². The van der Waals surface area contributed by atoms with E-state index in [1.807, 2.05) is 12.1 Å². The molecule has 11 rings (SSSR count). The number of fused-ring (bicyclic) bond motifs is 9. The predicted octanol–water partition coefficient (Wildman–Crippen LogP) is 13.2. The van der Waals surface area contributed by atoms with Crippen LogP contribution in [0, 0.1) is 0 Å². The van der Waals surface area contributed by atoms with E-state index in [1.54, 1.807) is 0 Å². The van der Waals surface area contributed by atoms with E-state index in [0.29, 0.717) is 0 Å². The third-order valence-corrected chi connectivity index (χ3v) is 10.5. The summed E-state index contributed by atoms with van der Waals surface area (Å²) in [5.41, 5.74) is 11.9. The fourth-order valence-electron chi connectivity index (χ4n) is 8.27. The number of aromatic nitrogens is 2. The summed E-state index contributed by atoms with van der Waals surface area (Å²) in [5, 5.41) is 7.14. The fourth-order valence-corrected chi connectivity index (χ4v) is 8.27. The van der Waals surface area contributed by atoms with Gasteiger partial charge in [-0.05, 0) is 84.9 Å². The topological polar surface area (TPSA) is 26.2 Å². The standard InChI is InChI=1S/C48H31N3O/c1-2-13-32(14-3-1)51-43-21-10-6-18-40(43)48-44(22-12-23-45(48)51)49(35-29-30-39-38-17-7-11-24-46(38)52-47(39)31-35)33-25-27-34(28-26-33)50-41-19-8-4-15-36(41)37-16-5-9-20-42(37)50/h1-31H. The summed E-state index contributed by atoms with van der Waals surface area (Å²) in [6.45, 7) is 0. The maximum Gasteiger partial charge on any atom is 0.137 e. The van der Waals surface area contributed by atoms with Crippen molar-refractivity contribution in [2.45, 2.75) is 0 Å². The number of para-hydroxylation sites is 5. The van der Waals surface area contributed by atoms with Crippen LogP contribution in [-0.2, 0) is 0 Å². The van der Waals surface area contributed by atoms with Crippen LogP contribution in [0.4, 0.5) is 17.1 Å². The van der Waals surface area contributed by atoms with E-state index in [4.69, 9.17) is 4.42 Å². The minimum Gasteiger partial charge on any atom is -0.456 e. The average molecular weight is 666 g/mol. The van der Waals surface area contributed by atoms with Gasteiger partial charge in [-0.1, -0.05) is 97.1 Å². The van der Waals surface area contributed by atoms with Crippen LogP contribution < -0.4 is 4.90 Å². The molecule has 0 N–H and O–H groups in total. The summed E-state index contributed by atoms with van der Waals surface area (Å²) >= 11 is 0. The van der Waals surface area contributed by atoms with Gasteiger partial charge in [-0.25, -0.2) is 0 Å². The van der Waals surface area contributed by atoms with Gasteiger partial charge >= 0.3 is 0 Å². The molecule has 4 heteroatoms. The summed E-state index contributed by atoms with van der Waals surface area (Å²) in [7, 11) is 0. The van der Waals surface area contributed by atoms with E-state index in [9.17, 15) is 0 Å². The van der Waals surface area contributed by atoms with Crippen LogP contribution in [-0.4, -0.2) is 9.13 Å². The van der Waals surface area contributed by atoms with Crippen molar-refractivity contribution in [2.75, 3.05) is 4.90 Å². The van der Waals surface area contributed by atoms with E-state index in [-0.39, 0.29) is 0 Å². The zero-order valence-corrected chi connectivity index (χ0v) is 28.1. The van der Waals surface area contributed by atoms with Crippen molar-refractivity contribution in [3.63, 3.8) is 0 Å². The van der Waals surface area contributed by atoms with Gasteiger partial charge in [0, 0.05) is 61.1 Å². The van der Waals surface area contributed by atoms with Gasteiger partial charge in [0.1, 0.15) is 11.2 Å².